The minimum Gasteiger partial charge on any atom is -0.380 e. The van der Waals surface area contributed by atoms with Crippen LogP contribution < -0.4 is 5.32 Å². The summed E-state index contributed by atoms with van der Waals surface area (Å²) in [6, 6.07) is 2.54. The van der Waals surface area contributed by atoms with E-state index in [1.165, 1.54) is 13.1 Å². The number of sulfonamides is 1. The molecule has 0 fully saturated rings. The van der Waals surface area contributed by atoms with Gasteiger partial charge >= 0.3 is 0 Å². The van der Waals surface area contributed by atoms with Crippen LogP contribution in [0.15, 0.2) is 17.0 Å². The van der Waals surface area contributed by atoms with Gasteiger partial charge in [-0.15, -0.1) is 0 Å². The lowest BCUT2D eigenvalue weighted by Gasteiger charge is -2.18. The van der Waals surface area contributed by atoms with Gasteiger partial charge in [-0.2, -0.15) is 4.31 Å². The average molecular weight is 339 g/mol. The third-order valence-electron chi connectivity index (χ3n) is 2.89. The summed E-state index contributed by atoms with van der Waals surface area (Å²) >= 11 is 5.89. The van der Waals surface area contributed by atoms with Crippen molar-refractivity contribution in [3.8, 4) is 0 Å². The third kappa shape index (κ3) is 4.62. The van der Waals surface area contributed by atoms with Gasteiger partial charge in [0.15, 0.2) is 0 Å². The topological polar surface area (TPSA) is 58.6 Å². The van der Waals surface area contributed by atoms with E-state index < -0.39 is 20.7 Å². The first-order chi connectivity index (χ1) is 9.84. The van der Waals surface area contributed by atoms with Gasteiger partial charge in [0.05, 0.1) is 6.61 Å². The van der Waals surface area contributed by atoms with Crippen LogP contribution in [0.25, 0.3) is 0 Å². The molecule has 0 heterocycles. The second kappa shape index (κ2) is 8.05. The highest BCUT2D eigenvalue weighted by molar-refractivity contribution is 7.89. The molecule has 0 unspecified atom stereocenters. The predicted octanol–water partition coefficient (Wildman–Crippen LogP) is 1.86. The van der Waals surface area contributed by atoms with E-state index in [0.29, 0.717) is 6.61 Å². The van der Waals surface area contributed by atoms with Crippen LogP contribution in [0, 0.1) is 5.82 Å². The molecule has 0 radical (unpaired) electrons. The van der Waals surface area contributed by atoms with Crippen LogP contribution >= 0.6 is 11.6 Å². The van der Waals surface area contributed by atoms with Gasteiger partial charge < -0.3 is 10.1 Å². The molecule has 21 heavy (non-hydrogen) atoms. The first kappa shape index (κ1) is 18.3. The summed E-state index contributed by atoms with van der Waals surface area (Å²) in [7, 11) is -0.924. The van der Waals surface area contributed by atoms with Crippen molar-refractivity contribution in [3.63, 3.8) is 0 Å². The SMILES string of the molecule is CCOCCN(C)S(=O)(=O)c1cc(Cl)cc(CNC)c1F. The maximum Gasteiger partial charge on any atom is 0.245 e. The molecule has 5 nitrogen and oxygen atoms in total. The first-order valence-corrected chi connectivity index (χ1v) is 8.33. The number of likely N-dealkylation sites (N-methyl/N-ethyl adjacent to an activating group) is 1. The average Bonchev–Trinajstić information content (AvgIpc) is 2.42. The molecule has 0 saturated heterocycles. The Balaban J connectivity index is 3.12. The normalized spacial score (nSPS) is 12.1. The number of ether oxygens (including phenoxy) is 1. The van der Waals surface area contributed by atoms with Crippen molar-refractivity contribution in [1.29, 1.82) is 0 Å². The summed E-state index contributed by atoms with van der Waals surface area (Å²) in [6.07, 6.45) is 0. The van der Waals surface area contributed by atoms with Crippen LogP contribution in [-0.4, -0.2) is 46.6 Å². The molecular weight excluding hydrogens is 319 g/mol. The van der Waals surface area contributed by atoms with Gasteiger partial charge in [-0.1, -0.05) is 11.6 Å². The fourth-order valence-electron chi connectivity index (χ4n) is 1.75. The standard InChI is InChI=1S/C13H20ClFN2O3S/c1-4-20-6-5-17(3)21(18,19)12-8-11(14)7-10(9-16-2)13(12)15/h7-8,16H,4-6,9H2,1-3H3. The molecule has 0 aliphatic carbocycles. The summed E-state index contributed by atoms with van der Waals surface area (Å²) in [5.74, 6) is -0.781. The Hall–Kier alpha value is -0.730. The Morgan fingerprint density at radius 1 is 1.43 bits per heavy atom. The lowest BCUT2D eigenvalue weighted by atomic mass is 10.2. The number of nitrogens with one attached hydrogen (secondary N) is 1. The van der Waals surface area contributed by atoms with Gasteiger partial charge in [-0.3, -0.25) is 0 Å². The number of nitrogens with zero attached hydrogens (tertiary/aromatic N) is 1. The van der Waals surface area contributed by atoms with Gasteiger partial charge in [0.1, 0.15) is 10.7 Å². The van der Waals surface area contributed by atoms with Crippen LogP contribution in [0.3, 0.4) is 0 Å². The first-order valence-electron chi connectivity index (χ1n) is 6.51. The van der Waals surface area contributed by atoms with Gasteiger partial charge in [-0.05, 0) is 26.1 Å². The highest BCUT2D eigenvalue weighted by Gasteiger charge is 2.26. The molecule has 1 aromatic rings. The zero-order chi connectivity index (χ0) is 16.0. The predicted molar refractivity (Wildman–Crippen MR) is 80.5 cm³/mol. The van der Waals surface area contributed by atoms with E-state index in [0.717, 1.165) is 10.4 Å². The van der Waals surface area contributed by atoms with Gasteiger partial charge in [0, 0.05) is 37.3 Å². The Morgan fingerprint density at radius 3 is 2.67 bits per heavy atom. The van der Waals surface area contributed by atoms with E-state index >= 15 is 0 Å². The summed E-state index contributed by atoms with van der Waals surface area (Å²) in [5.41, 5.74) is 0.210. The number of halogens is 2. The van der Waals surface area contributed by atoms with E-state index in [2.05, 4.69) is 5.32 Å². The number of rotatable bonds is 8. The molecule has 0 aliphatic heterocycles. The monoisotopic (exact) mass is 338 g/mol. The lowest BCUT2D eigenvalue weighted by Crippen LogP contribution is -2.31. The molecular formula is C13H20ClFN2O3S. The maximum absolute atomic E-state index is 14.3. The summed E-state index contributed by atoms with van der Waals surface area (Å²) in [6.45, 7) is 2.89. The maximum atomic E-state index is 14.3. The van der Waals surface area contributed by atoms with E-state index in [1.54, 1.807) is 7.05 Å². The van der Waals surface area contributed by atoms with Crippen molar-refractivity contribution in [1.82, 2.24) is 9.62 Å². The summed E-state index contributed by atoms with van der Waals surface area (Å²) in [4.78, 5) is -0.417. The molecule has 0 aromatic heterocycles. The largest absolute Gasteiger partial charge is 0.380 e. The highest BCUT2D eigenvalue weighted by Crippen LogP contribution is 2.25. The molecule has 0 bridgehead atoms. The molecule has 8 heteroatoms. The van der Waals surface area contributed by atoms with Crippen LogP contribution in [0.2, 0.25) is 5.02 Å². The Bertz CT molecular complexity index is 581. The molecule has 0 atom stereocenters. The molecule has 1 rings (SSSR count). The Morgan fingerprint density at radius 2 is 2.10 bits per heavy atom. The van der Waals surface area contributed by atoms with E-state index in [1.807, 2.05) is 6.92 Å². The van der Waals surface area contributed by atoms with Gasteiger partial charge in [0.2, 0.25) is 10.0 Å². The van der Waals surface area contributed by atoms with Crippen molar-refractivity contribution < 1.29 is 17.5 Å². The number of hydrogen-bond donors (Lipinski definition) is 1. The minimum absolute atomic E-state index is 0.142. The lowest BCUT2D eigenvalue weighted by molar-refractivity contribution is 0.138. The Kier molecular flexibility index (Phi) is 7.02. The highest BCUT2D eigenvalue weighted by atomic mass is 35.5. The van der Waals surface area contributed by atoms with Crippen LogP contribution in [-0.2, 0) is 21.3 Å². The molecule has 0 spiro atoms. The third-order valence-corrected chi connectivity index (χ3v) is 4.96. The van der Waals surface area contributed by atoms with Crippen molar-refractivity contribution >= 4 is 21.6 Å². The Labute approximate surface area is 130 Å². The smallest absolute Gasteiger partial charge is 0.245 e. The molecule has 0 aliphatic rings. The molecule has 120 valence electrons. The molecule has 0 saturated carbocycles. The second-order valence-electron chi connectivity index (χ2n) is 4.43. The van der Waals surface area contributed by atoms with Crippen molar-refractivity contribution in [2.24, 2.45) is 0 Å². The quantitative estimate of drug-likeness (QED) is 0.735. The van der Waals surface area contributed by atoms with Crippen LogP contribution in [0.4, 0.5) is 4.39 Å². The van der Waals surface area contributed by atoms with E-state index in [-0.39, 0.29) is 30.3 Å². The van der Waals surface area contributed by atoms with E-state index in [4.69, 9.17) is 16.3 Å². The van der Waals surface area contributed by atoms with Gasteiger partial charge in [0.25, 0.3) is 0 Å². The number of benzene rings is 1. The van der Waals surface area contributed by atoms with Crippen molar-refractivity contribution in [2.75, 3.05) is 33.9 Å². The molecule has 1 aromatic carbocycles. The van der Waals surface area contributed by atoms with Crippen molar-refractivity contribution in [3.05, 3.63) is 28.5 Å². The fraction of sp³-hybridized carbons (Fsp3) is 0.538. The summed E-state index contributed by atoms with van der Waals surface area (Å²) in [5, 5.41) is 2.95. The van der Waals surface area contributed by atoms with Crippen molar-refractivity contribution in [2.45, 2.75) is 18.4 Å². The zero-order valence-corrected chi connectivity index (χ0v) is 13.9. The second-order valence-corrected chi connectivity index (χ2v) is 6.88. The minimum atomic E-state index is -3.95. The van der Waals surface area contributed by atoms with Crippen LogP contribution in [0.5, 0.6) is 0 Å². The summed E-state index contributed by atoms with van der Waals surface area (Å²) < 4.78 is 45.3. The van der Waals surface area contributed by atoms with Crippen LogP contribution in [0.1, 0.15) is 12.5 Å². The molecule has 1 N–H and O–H groups in total. The number of hydrogen-bond acceptors (Lipinski definition) is 4. The molecule has 0 amide bonds. The van der Waals surface area contributed by atoms with E-state index in [9.17, 15) is 12.8 Å². The van der Waals surface area contributed by atoms with Gasteiger partial charge in [-0.25, -0.2) is 12.8 Å². The zero-order valence-electron chi connectivity index (χ0n) is 12.3. The fourth-order valence-corrected chi connectivity index (χ4v) is 3.34.